The lowest BCUT2D eigenvalue weighted by Gasteiger charge is -2.16. The van der Waals surface area contributed by atoms with Gasteiger partial charge in [0.15, 0.2) is 23.2 Å². The first-order valence-electron chi connectivity index (χ1n) is 8.07. The Balaban J connectivity index is 1.61. The molecule has 1 aliphatic heterocycles. The molecule has 4 rings (SSSR count). The second kappa shape index (κ2) is 6.76. The molecule has 9 nitrogen and oxygen atoms in total. The van der Waals surface area contributed by atoms with Gasteiger partial charge in [-0.25, -0.2) is 18.7 Å². The monoisotopic (exact) mass is 379 g/mol. The first-order chi connectivity index (χ1) is 13.0. The Kier molecular flexibility index (Phi) is 4.42. The zero-order chi connectivity index (χ0) is 19.1. The van der Waals surface area contributed by atoms with E-state index in [1.54, 1.807) is 6.92 Å². The first-order valence-corrected chi connectivity index (χ1v) is 8.07. The Bertz CT molecular complexity index is 985. The third kappa shape index (κ3) is 3.09. The summed E-state index contributed by atoms with van der Waals surface area (Å²) >= 11 is 0. The number of halogens is 2. The van der Waals surface area contributed by atoms with Crippen LogP contribution in [0.1, 0.15) is 18.8 Å². The van der Waals surface area contributed by atoms with Gasteiger partial charge in [-0.2, -0.15) is 4.98 Å². The summed E-state index contributed by atoms with van der Waals surface area (Å²) in [6.07, 6.45) is -0.164. The number of aliphatic hydroxyl groups excluding tert-OH is 2. The number of pyridine rings is 1. The maximum atomic E-state index is 13.7. The minimum absolute atomic E-state index is 0.0605. The van der Waals surface area contributed by atoms with Gasteiger partial charge in [0.2, 0.25) is 5.88 Å². The van der Waals surface area contributed by atoms with E-state index < -0.39 is 36.2 Å². The predicted octanol–water partition coefficient (Wildman–Crippen LogP) is 0.718. The van der Waals surface area contributed by atoms with Gasteiger partial charge in [0.1, 0.15) is 36.7 Å². The lowest BCUT2D eigenvalue weighted by Crippen LogP contribution is -2.30. The topological polar surface area (TPSA) is 115 Å². The molecule has 3 aromatic rings. The summed E-state index contributed by atoms with van der Waals surface area (Å²) in [5, 5.41) is 20.0. The average Bonchev–Trinajstić information content (AvgIpc) is 3.18. The molecule has 4 atom stereocenters. The fourth-order valence-corrected chi connectivity index (χ4v) is 2.87. The van der Waals surface area contributed by atoms with Gasteiger partial charge in [-0.05, 0) is 6.92 Å². The first kappa shape index (κ1) is 17.6. The molecule has 11 heteroatoms. The van der Waals surface area contributed by atoms with E-state index in [-0.39, 0.29) is 23.7 Å². The van der Waals surface area contributed by atoms with E-state index >= 15 is 0 Å². The van der Waals surface area contributed by atoms with Gasteiger partial charge in [-0.15, -0.1) is 0 Å². The molecule has 2 N–H and O–H groups in total. The molecule has 0 amide bonds. The quantitative estimate of drug-likeness (QED) is 0.681. The molecule has 0 aromatic carbocycles. The standard InChI is InChI=1S/C16H15F2N5O4/c1-7-12(24)13(25)16(27-7)23-6-22-11-14(23)20-5-21-15(11)26-4-10-9(18)2-8(17)3-19-10/h2-3,5-7,12-13,16,24-25H,4H2,1H3/t7-,12-,13-,16-/m1/s1. The van der Waals surface area contributed by atoms with Gasteiger partial charge in [0, 0.05) is 6.07 Å². The molecule has 3 aromatic heterocycles. The minimum atomic E-state index is -1.16. The van der Waals surface area contributed by atoms with Crippen molar-refractivity contribution in [1.82, 2.24) is 24.5 Å². The molecule has 1 aliphatic rings. The Morgan fingerprint density at radius 3 is 2.70 bits per heavy atom. The molecule has 0 bridgehead atoms. The van der Waals surface area contributed by atoms with E-state index in [0.717, 1.165) is 6.20 Å². The molecule has 27 heavy (non-hydrogen) atoms. The third-order valence-corrected chi connectivity index (χ3v) is 4.31. The highest BCUT2D eigenvalue weighted by molar-refractivity contribution is 5.76. The lowest BCUT2D eigenvalue weighted by atomic mass is 10.1. The van der Waals surface area contributed by atoms with E-state index in [4.69, 9.17) is 9.47 Å². The highest BCUT2D eigenvalue weighted by Gasteiger charge is 2.42. The van der Waals surface area contributed by atoms with Crippen LogP contribution >= 0.6 is 0 Å². The maximum absolute atomic E-state index is 13.7. The summed E-state index contributed by atoms with van der Waals surface area (Å²) in [6.45, 7) is 1.35. The molecule has 0 spiro atoms. The van der Waals surface area contributed by atoms with E-state index in [0.29, 0.717) is 11.7 Å². The number of ether oxygens (including phenoxy) is 2. The Morgan fingerprint density at radius 2 is 2.00 bits per heavy atom. The molecule has 142 valence electrons. The van der Waals surface area contributed by atoms with Crippen molar-refractivity contribution < 1.29 is 28.5 Å². The summed E-state index contributed by atoms with van der Waals surface area (Å²) in [6, 6.07) is 0.710. The van der Waals surface area contributed by atoms with Crippen LogP contribution in [0.2, 0.25) is 0 Å². The van der Waals surface area contributed by atoms with Crippen LogP contribution in [0.5, 0.6) is 5.88 Å². The zero-order valence-electron chi connectivity index (χ0n) is 14.0. The molecule has 0 radical (unpaired) electrons. The number of aromatic nitrogens is 5. The molecule has 0 saturated carbocycles. The minimum Gasteiger partial charge on any atom is -0.469 e. The number of aliphatic hydroxyl groups is 2. The van der Waals surface area contributed by atoms with Gasteiger partial charge in [-0.1, -0.05) is 0 Å². The maximum Gasteiger partial charge on any atom is 0.245 e. The van der Waals surface area contributed by atoms with Gasteiger partial charge in [0.25, 0.3) is 0 Å². The second-order valence-corrected chi connectivity index (χ2v) is 6.09. The normalized spacial score (nSPS) is 25.2. The van der Waals surface area contributed by atoms with Crippen LogP contribution in [-0.2, 0) is 11.3 Å². The second-order valence-electron chi connectivity index (χ2n) is 6.09. The van der Waals surface area contributed by atoms with E-state index in [1.807, 2.05) is 0 Å². The van der Waals surface area contributed by atoms with Crippen LogP contribution < -0.4 is 4.74 Å². The lowest BCUT2D eigenvalue weighted by molar-refractivity contribution is -0.0299. The summed E-state index contributed by atoms with van der Waals surface area (Å²) in [7, 11) is 0. The fourth-order valence-electron chi connectivity index (χ4n) is 2.87. The Morgan fingerprint density at radius 1 is 1.19 bits per heavy atom. The van der Waals surface area contributed by atoms with Crippen molar-refractivity contribution in [2.24, 2.45) is 0 Å². The van der Waals surface area contributed by atoms with Crippen LogP contribution in [0.25, 0.3) is 11.2 Å². The summed E-state index contributed by atoms with van der Waals surface area (Å²) in [4.78, 5) is 15.9. The van der Waals surface area contributed by atoms with Crippen LogP contribution in [-0.4, -0.2) is 53.0 Å². The smallest absolute Gasteiger partial charge is 0.245 e. The number of hydrogen-bond acceptors (Lipinski definition) is 8. The summed E-state index contributed by atoms with van der Waals surface area (Å²) in [5.41, 5.74) is 0.469. The molecular formula is C16H15F2N5O4. The number of fused-ring (bicyclic) bond motifs is 1. The van der Waals surface area contributed by atoms with Gasteiger partial charge >= 0.3 is 0 Å². The number of imidazole rings is 1. The number of nitrogens with zero attached hydrogens (tertiary/aromatic N) is 5. The van der Waals surface area contributed by atoms with Gasteiger partial charge < -0.3 is 19.7 Å². The van der Waals surface area contributed by atoms with Crippen LogP contribution in [0.15, 0.2) is 24.9 Å². The summed E-state index contributed by atoms with van der Waals surface area (Å²) < 4.78 is 39.1. The van der Waals surface area contributed by atoms with Crippen molar-refractivity contribution in [3.63, 3.8) is 0 Å². The average molecular weight is 379 g/mol. The van der Waals surface area contributed by atoms with Crippen LogP contribution in [0.3, 0.4) is 0 Å². The molecule has 4 heterocycles. The third-order valence-electron chi connectivity index (χ3n) is 4.31. The van der Waals surface area contributed by atoms with Gasteiger partial charge in [0.05, 0.1) is 18.6 Å². The van der Waals surface area contributed by atoms with Crippen molar-refractivity contribution in [3.05, 3.63) is 42.2 Å². The zero-order valence-corrected chi connectivity index (χ0v) is 14.0. The summed E-state index contributed by atoms with van der Waals surface area (Å²) in [5.74, 6) is -1.56. The number of hydrogen-bond donors (Lipinski definition) is 2. The molecule has 0 unspecified atom stereocenters. The van der Waals surface area contributed by atoms with E-state index in [1.165, 1.54) is 17.2 Å². The van der Waals surface area contributed by atoms with E-state index in [9.17, 15) is 19.0 Å². The SMILES string of the molecule is C[C@H]1O[C@@H](n2cnc3c(OCc4ncc(F)cc4F)ncnc32)[C@H](O)[C@@H]1O. The molecule has 1 fully saturated rings. The van der Waals surface area contributed by atoms with Crippen molar-refractivity contribution in [1.29, 1.82) is 0 Å². The molecular weight excluding hydrogens is 364 g/mol. The Labute approximate surface area is 151 Å². The van der Waals surface area contributed by atoms with Crippen LogP contribution in [0.4, 0.5) is 8.78 Å². The van der Waals surface area contributed by atoms with Crippen molar-refractivity contribution >= 4 is 11.2 Å². The van der Waals surface area contributed by atoms with Crippen molar-refractivity contribution in [2.75, 3.05) is 0 Å². The van der Waals surface area contributed by atoms with Crippen molar-refractivity contribution in [2.45, 2.75) is 38.1 Å². The largest absolute Gasteiger partial charge is 0.469 e. The molecule has 0 aliphatic carbocycles. The van der Waals surface area contributed by atoms with Crippen LogP contribution in [0, 0.1) is 11.6 Å². The van der Waals surface area contributed by atoms with Gasteiger partial charge in [-0.3, -0.25) is 9.55 Å². The highest BCUT2D eigenvalue weighted by atomic mass is 19.1. The number of rotatable bonds is 4. The Hall–Kier alpha value is -2.76. The van der Waals surface area contributed by atoms with Crippen molar-refractivity contribution in [3.8, 4) is 5.88 Å². The van der Waals surface area contributed by atoms with E-state index in [2.05, 4.69) is 19.9 Å². The highest BCUT2D eigenvalue weighted by Crippen LogP contribution is 2.32. The molecule has 1 saturated heterocycles. The predicted molar refractivity (Wildman–Crippen MR) is 85.4 cm³/mol. The fraction of sp³-hybridized carbons (Fsp3) is 0.375.